The highest BCUT2D eigenvalue weighted by Crippen LogP contribution is 2.41. The Labute approximate surface area is 185 Å². The molecule has 2 aromatic rings. The summed E-state index contributed by atoms with van der Waals surface area (Å²) in [6.45, 7) is 5.94. The number of carbonyl (C=O) groups excluding carboxylic acids is 2. The van der Waals surface area contributed by atoms with E-state index in [2.05, 4.69) is 10.2 Å². The molecular formula is C23H26FN3O5. The summed E-state index contributed by atoms with van der Waals surface area (Å²) in [6.07, 6.45) is 0.0265. The Morgan fingerprint density at radius 2 is 2.06 bits per heavy atom. The Kier molecular flexibility index (Phi) is 5.92. The van der Waals surface area contributed by atoms with Gasteiger partial charge in [0.25, 0.3) is 0 Å². The van der Waals surface area contributed by atoms with Crippen LogP contribution in [0, 0.1) is 12.7 Å². The topological polar surface area (TPSA) is 103 Å². The van der Waals surface area contributed by atoms with Gasteiger partial charge in [-0.25, -0.2) is 9.18 Å². The minimum absolute atomic E-state index is 0.0265. The van der Waals surface area contributed by atoms with Crippen molar-refractivity contribution in [2.24, 2.45) is 5.73 Å². The number of rotatable bonds is 5. The number of benzene rings is 2. The average Bonchev–Trinajstić information content (AvgIpc) is 2.74. The zero-order chi connectivity index (χ0) is 22.9. The monoisotopic (exact) mass is 443 g/mol. The van der Waals surface area contributed by atoms with Crippen molar-refractivity contribution in [3.05, 3.63) is 47.3 Å². The summed E-state index contributed by atoms with van der Waals surface area (Å²) in [7, 11) is 0. The van der Waals surface area contributed by atoms with Gasteiger partial charge in [-0.05, 0) is 32.0 Å². The summed E-state index contributed by atoms with van der Waals surface area (Å²) >= 11 is 0. The van der Waals surface area contributed by atoms with E-state index in [1.807, 2.05) is 0 Å². The average molecular weight is 443 g/mol. The minimum Gasteiger partial charge on any atom is -0.489 e. The van der Waals surface area contributed by atoms with E-state index in [1.165, 1.54) is 6.07 Å². The van der Waals surface area contributed by atoms with Gasteiger partial charge in [-0.1, -0.05) is 6.07 Å². The SMILES string of the molecule is Cc1c(F)cccc1OCC1(C)CC(=O)c2c(NC(N)=O)cc(N3CCOCC3)cc2O1. The molecule has 0 aliphatic carbocycles. The van der Waals surface area contributed by atoms with Crippen molar-refractivity contribution in [1.29, 1.82) is 0 Å². The molecule has 2 amide bonds. The number of ketones is 1. The van der Waals surface area contributed by atoms with Gasteiger partial charge in [-0.3, -0.25) is 4.79 Å². The van der Waals surface area contributed by atoms with Crippen LogP contribution in [0.3, 0.4) is 0 Å². The molecule has 0 radical (unpaired) electrons. The third-order valence-corrected chi connectivity index (χ3v) is 5.64. The first-order valence-corrected chi connectivity index (χ1v) is 10.4. The van der Waals surface area contributed by atoms with Crippen molar-refractivity contribution < 1.29 is 28.2 Å². The Hall–Kier alpha value is -3.33. The maximum atomic E-state index is 13.8. The van der Waals surface area contributed by atoms with Crippen molar-refractivity contribution in [3.63, 3.8) is 0 Å². The normalized spacial score (nSPS) is 20.3. The molecule has 0 bridgehead atoms. The lowest BCUT2D eigenvalue weighted by Crippen LogP contribution is -2.45. The molecule has 2 heterocycles. The van der Waals surface area contributed by atoms with E-state index in [0.29, 0.717) is 49.1 Å². The van der Waals surface area contributed by atoms with Crippen molar-refractivity contribution in [2.45, 2.75) is 25.9 Å². The predicted octanol–water partition coefficient (Wildman–Crippen LogP) is 3.26. The fraction of sp³-hybridized carbons (Fsp3) is 0.391. The number of amides is 2. The van der Waals surface area contributed by atoms with Crippen LogP contribution in [0.4, 0.5) is 20.6 Å². The Balaban J connectivity index is 1.64. The zero-order valence-corrected chi connectivity index (χ0v) is 18.1. The first-order chi connectivity index (χ1) is 15.3. The van der Waals surface area contributed by atoms with Crippen molar-refractivity contribution in [3.8, 4) is 11.5 Å². The number of nitrogens with one attached hydrogen (secondary N) is 1. The van der Waals surface area contributed by atoms with Gasteiger partial charge in [-0.15, -0.1) is 0 Å². The van der Waals surface area contributed by atoms with E-state index in [0.717, 1.165) is 5.69 Å². The van der Waals surface area contributed by atoms with Gasteiger partial charge in [0, 0.05) is 30.4 Å². The van der Waals surface area contributed by atoms with Crippen LogP contribution in [-0.2, 0) is 4.74 Å². The van der Waals surface area contributed by atoms with E-state index >= 15 is 0 Å². The van der Waals surface area contributed by atoms with Gasteiger partial charge in [0.2, 0.25) is 0 Å². The predicted molar refractivity (Wildman–Crippen MR) is 117 cm³/mol. The Morgan fingerprint density at radius 3 is 2.78 bits per heavy atom. The van der Waals surface area contributed by atoms with Gasteiger partial charge < -0.3 is 30.2 Å². The lowest BCUT2D eigenvalue weighted by molar-refractivity contribution is 0.0189. The quantitative estimate of drug-likeness (QED) is 0.735. The molecule has 1 unspecified atom stereocenters. The van der Waals surface area contributed by atoms with Gasteiger partial charge in [0.15, 0.2) is 5.78 Å². The van der Waals surface area contributed by atoms with Crippen LogP contribution < -0.4 is 25.4 Å². The highest BCUT2D eigenvalue weighted by Gasteiger charge is 2.39. The summed E-state index contributed by atoms with van der Waals surface area (Å²) < 4.78 is 31.3. The van der Waals surface area contributed by atoms with Crippen LogP contribution >= 0.6 is 0 Å². The molecule has 0 spiro atoms. The molecule has 2 aliphatic heterocycles. The van der Waals surface area contributed by atoms with E-state index < -0.39 is 11.6 Å². The van der Waals surface area contributed by atoms with Gasteiger partial charge in [0.05, 0.1) is 30.9 Å². The number of morpholine rings is 1. The number of halogens is 1. The van der Waals surface area contributed by atoms with Crippen LogP contribution in [0.5, 0.6) is 11.5 Å². The molecule has 1 fully saturated rings. The molecule has 4 rings (SSSR count). The second-order valence-corrected chi connectivity index (χ2v) is 8.26. The summed E-state index contributed by atoms with van der Waals surface area (Å²) in [4.78, 5) is 26.8. The highest BCUT2D eigenvalue weighted by atomic mass is 19.1. The number of hydrogen-bond donors (Lipinski definition) is 2. The summed E-state index contributed by atoms with van der Waals surface area (Å²) in [6, 6.07) is 7.35. The summed E-state index contributed by atoms with van der Waals surface area (Å²) in [5.41, 5.74) is 6.13. The lowest BCUT2D eigenvalue weighted by atomic mass is 9.90. The molecule has 2 aromatic carbocycles. The van der Waals surface area contributed by atoms with E-state index in [-0.39, 0.29) is 30.2 Å². The summed E-state index contributed by atoms with van der Waals surface area (Å²) in [5, 5.41) is 2.55. The smallest absolute Gasteiger partial charge is 0.316 e. The summed E-state index contributed by atoms with van der Waals surface area (Å²) in [5.74, 6) is 0.170. The van der Waals surface area contributed by atoms with Crippen molar-refractivity contribution >= 4 is 23.2 Å². The molecule has 3 N–H and O–H groups in total. The first-order valence-electron chi connectivity index (χ1n) is 10.4. The van der Waals surface area contributed by atoms with Gasteiger partial charge in [-0.2, -0.15) is 0 Å². The van der Waals surface area contributed by atoms with Crippen LogP contribution in [0.25, 0.3) is 0 Å². The Bertz CT molecular complexity index is 1050. The molecule has 9 heteroatoms. The van der Waals surface area contributed by atoms with E-state index in [9.17, 15) is 14.0 Å². The second-order valence-electron chi connectivity index (χ2n) is 8.26. The number of hydrogen-bond acceptors (Lipinski definition) is 6. The number of primary amides is 1. The number of Topliss-reactive ketones (excluding diaryl/α,β-unsaturated/α-hetero) is 1. The van der Waals surface area contributed by atoms with Crippen LogP contribution in [0.1, 0.15) is 29.3 Å². The number of anilines is 2. The fourth-order valence-corrected chi connectivity index (χ4v) is 3.99. The largest absolute Gasteiger partial charge is 0.489 e. The molecule has 8 nitrogen and oxygen atoms in total. The maximum Gasteiger partial charge on any atom is 0.316 e. The number of urea groups is 1. The molecule has 170 valence electrons. The molecule has 1 atom stereocenters. The van der Waals surface area contributed by atoms with E-state index in [1.54, 1.807) is 38.1 Å². The van der Waals surface area contributed by atoms with Crippen molar-refractivity contribution in [1.82, 2.24) is 0 Å². The number of nitrogens with two attached hydrogens (primary N) is 1. The number of carbonyl (C=O) groups is 2. The number of fused-ring (bicyclic) bond motifs is 1. The molecular weight excluding hydrogens is 417 g/mol. The standard InChI is InChI=1S/C23H26FN3O5/c1-14-16(24)4-3-5-19(14)31-13-23(2)12-18(28)21-17(26-22(25)29)10-15(11-20(21)32-23)27-6-8-30-9-7-27/h3-5,10-11H,6-9,12-13H2,1-2H3,(H3,25,26,29). The van der Waals surface area contributed by atoms with Crippen LogP contribution in [0.2, 0.25) is 0 Å². The van der Waals surface area contributed by atoms with Crippen LogP contribution in [0.15, 0.2) is 30.3 Å². The maximum absolute atomic E-state index is 13.8. The lowest BCUT2D eigenvalue weighted by Gasteiger charge is -2.37. The highest BCUT2D eigenvalue weighted by molar-refractivity contribution is 6.08. The molecule has 32 heavy (non-hydrogen) atoms. The molecule has 0 saturated carbocycles. The first kappa shape index (κ1) is 21.9. The Morgan fingerprint density at radius 1 is 1.31 bits per heavy atom. The minimum atomic E-state index is -0.976. The molecule has 0 aromatic heterocycles. The second kappa shape index (κ2) is 8.66. The van der Waals surface area contributed by atoms with Crippen LogP contribution in [-0.4, -0.2) is 50.3 Å². The fourth-order valence-electron chi connectivity index (χ4n) is 3.99. The molecule has 1 saturated heterocycles. The zero-order valence-electron chi connectivity index (χ0n) is 18.1. The van der Waals surface area contributed by atoms with E-state index in [4.69, 9.17) is 19.9 Å². The third-order valence-electron chi connectivity index (χ3n) is 5.64. The van der Waals surface area contributed by atoms with Gasteiger partial charge >= 0.3 is 6.03 Å². The number of nitrogens with zero attached hydrogens (tertiary/aromatic N) is 1. The van der Waals surface area contributed by atoms with Crippen molar-refractivity contribution in [2.75, 3.05) is 43.1 Å². The molecule has 2 aliphatic rings. The third kappa shape index (κ3) is 4.47. The van der Waals surface area contributed by atoms with Gasteiger partial charge in [0.1, 0.15) is 29.5 Å². The number of ether oxygens (including phenoxy) is 3.